The fourth-order valence-corrected chi connectivity index (χ4v) is 2.38. The Balaban J connectivity index is 2.27. The first kappa shape index (κ1) is 12.3. The number of nitrogens with two attached hydrogens (primary N) is 1. The molecule has 2 N–H and O–H groups in total. The van der Waals surface area contributed by atoms with E-state index in [0.717, 1.165) is 24.5 Å². The van der Waals surface area contributed by atoms with E-state index < -0.39 is 0 Å². The second kappa shape index (κ2) is 5.02. The average Bonchev–Trinajstić information content (AvgIpc) is 2.27. The molecule has 4 nitrogen and oxygen atoms in total. The largest absolute Gasteiger partial charge is 0.372 e. The van der Waals surface area contributed by atoms with Crippen LogP contribution in [0.4, 0.5) is 5.82 Å². The topological polar surface area (TPSA) is 51.4 Å². The number of morpholine rings is 1. The van der Waals surface area contributed by atoms with Gasteiger partial charge in [0.25, 0.3) is 0 Å². The monoisotopic (exact) mass is 235 g/mol. The Kier molecular flexibility index (Phi) is 3.64. The Morgan fingerprint density at radius 3 is 2.65 bits per heavy atom. The van der Waals surface area contributed by atoms with Crippen LogP contribution in [-0.4, -0.2) is 30.3 Å². The van der Waals surface area contributed by atoms with Crippen molar-refractivity contribution in [3.8, 4) is 0 Å². The maximum absolute atomic E-state index is 5.99. The molecule has 17 heavy (non-hydrogen) atoms. The van der Waals surface area contributed by atoms with E-state index in [9.17, 15) is 0 Å². The smallest absolute Gasteiger partial charge is 0.133 e. The average molecular weight is 235 g/mol. The molecule has 94 valence electrons. The van der Waals surface area contributed by atoms with Crippen LogP contribution in [0.1, 0.15) is 32.4 Å². The molecular formula is C13H21N3O. The standard InChI is InChI=1S/C13H21N3O/c1-9-7-16(8-10(2)17-9)13-12(11(3)14)5-4-6-15-13/h4-6,9-11H,7-8,14H2,1-3H3/t9?,10?,11-/m0/s1. The maximum atomic E-state index is 5.99. The third kappa shape index (κ3) is 2.76. The van der Waals surface area contributed by atoms with E-state index in [1.54, 1.807) is 0 Å². The Morgan fingerprint density at radius 1 is 1.41 bits per heavy atom. The van der Waals surface area contributed by atoms with E-state index in [4.69, 9.17) is 10.5 Å². The van der Waals surface area contributed by atoms with Gasteiger partial charge in [0.2, 0.25) is 0 Å². The van der Waals surface area contributed by atoms with Gasteiger partial charge in [0.05, 0.1) is 12.2 Å². The molecule has 0 aromatic carbocycles. The van der Waals surface area contributed by atoms with Gasteiger partial charge >= 0.3 is 0 Å². The highest BCUT2D eigenvalue weighted by atomic mass is 16.5. The highest BCUT2D eigenvalue weighted by Crippen LogP contribution is 2.25. The minimum absolute atomic E-state index is 0.00663. The summed E-state index contributed by atoms with van der Waals surface area (Å²) in [4.78, 5) is 6.76. The number of nitrogens with zero attached hydrogens (tertiary/aromatic N) is 2. The summed E-state index contributed by atoms with van der Waals surface area (Å²) in [6.07, 6.45) is 2.30. The second-order valence-corrected chi connectivity index (χ2v) is 4.87. The lowest BCUT2D eigenvalue weighted by Gasteiger charge is -2.37. The molecule has 1 fully saturated rings. The van der Waals surface area contributed by atoms with Crippen molar-refractivity contribution >= 4 is 5.82 Å². The summed E-state index contributed by atoms with van der Waals surface area (Å²) in [5, 5.41) is 0. The molecule has 1 aliphatic rings. The number of ether oxygens (including phenoxy) is 1. The van der Waals surface area contributed by atoms with Crippen LogP contribution in [0, 0.1) is 0 Å². The van der Waals surface area contributed by atoms with Crippen LogP contribution in [0.15, 0.2) is 18.3 Å². The third-order valence-electron chi connectivity index (χ3n) is 3.03. The molecule has 1 saturated heterocycles. The molecule has 1 aromatic rings. The molecule has 0 saturated carbocycles. The van der Waals surface area contributed by atoms with Gasteiger partial charge < -0.3 is 15.4 Å². The summed E-state index contributed by atoms with van der Waals surface area (Å²) in [5.41, 5.74) is 7.10. The van der Waals surface area contributed by atoms with Gasteiger partial charge in [0.1, 0.15) is 5.82 Å². The Labute approximate surface area is 103 Å². The van der Waals surface area contributed by atoms with Crippen molar-refractivity contribution in [3.05, 3.63) is 23.9 Å². The minimum Gasteiger partial charge on any atom is -0.372 e. The van der Waals surface area contributed by atoms with Gasteiger partial charge in [0, 0.05) is 30.9 Å². The lowest BCUT2D eigenvalue weighted by atomic mass is 10.1. The quantitative estimate of drug-likeness (QED) is 0.848. The highest BCUT2D eigenvalue weighted by Gasteiger charge is 2.25. The van der Waals surface area contributed by atoms with Gasteiger partial charge in [-0.25, -0.2) is 4.98 Å². The van der Waals surface area contributed by atoms with Crippen LogP contribution in [-0.2, 0) is 4.74 Å². The zero-order chi connectivity index (χ0) is 12.4. The molecule has 1 aromatic heterocycles. The molecular weight excluding hydrogens is 214 g/mol. The number of rotatable bonds is 2. The number of pyridine rings is 1. The van der Waals surface area contributed by atoms with Crippen LogP contribution in [0.3, 0.4) is 0 Å². The maximum Gasteiger partial charge on any atom is 0.133 e. The molecule has 0 bridgehead atoms. The molecule has 2 heterocycles. The van der Waals surface area contributed by atoms with E-state index in [1.807, 2.05) is 19.2 Å². The molecule has 0 aliphatic carbocycles. The predicted octanol–water partition coefficient (Wildman–Crippen LogP) is 1.71. The van der Waals surface area contributed by atoms with E-state index in [1.165, 1.54) is 0 Å². The molecule has 0 radical (unpaired) electrons. The van der Waals surface area contributed by atoms with Crippen LogP contribution in [0.2, 0.25) is 0 Å². The highest BCUT2D eigenvalue weighted by molar-refractivity contribution is 5.48. The lowest BCUT2D eigenvalue weighted by molar-refractivity contribution is -0.00552. The molecule has 2 rings (SSSR count). The lowest BCUT2D eigenvalue weighted by Crippen LogP contribution is -2.46. The number of hydrogen-bond acceptors (Lipinski definition) is 4. The van der Waals surface area contributed by atoms with Crippen molar-refractivity contribution < 1.29 is 4.74 Å². The van der Waals surface area contributed by atoms with Gasteiger partial charge in [-0.1, -0.05) is 6.07 Å². The SMILES string of the molecule is CC1CN(c2ncccc2[C@H](C)N)CC(C)O1. The van der Waals surface area contributed by atoms with Gasteiger partial charge in [-0.2, -0.15) is 0 Å². The zero-order valence-corrected chi connectivity index (χ0v) is 10.8. The summed E-state index contributed by atoms with van der Waals surface area (Å²) >= 11 is 0. The third-order valence-corrected chi connectivity index (χ3v) is 3.03. The second-order valence-electron chi connectivity index (χ2n) is 4.87. The zero-order valence-electron chi connectivity index (χ0n) is 10.8. The summed E-state index contributed by atoms with van der Waals surface area (Å²) in [6, 6.07) is 4.00. The van der Waals surface area contributed by atoms with E-state index >= 15 is 0 Å². The fourth-order valence-electron chi connectivity index (χ4n) is 2.38. The fraction of sp³-hybridized carbons (Fsp3) is 0.615. The number of hydrogen-bond donors (Lipinski definition) is 1. The molecule has 0 spiro atoms. The first-order chi connectivity index (χ1) is 8.08. The van der Waals surface area contributed by atoms with Crippen LogP contribution in [0.5, 0.6) is 0 Å². The summed E-state index contributed by atoms with van der Waals surface area (Å²) in [6.45, 7) is 7.93. The normalized spacial score (nSPS) is 26.9. The Hall–Kier alpha value is -1.13. The van der Waals surface area contributed by atoms with Crippen molar-refractivity contribution in [2.24, 2.45) is 5.73 Å². The van der Waals surface area contributed by atoms with E-state index in [0.29, 0.717) is 0 Å². The van der Waals surface area contributed by atoms with Crippen molar-refractivity contribution in [2.75, 3.05) is 18.0 Å². The summed E-state index contributed by atoms with van der Waals surface area (Å²) in [7, 11) is 0. The molecule has 0 amide bonds. The predicted molar refractivity (Wildman–Crippen MR) is 69.1 cm³/mol. The van der Waals surface area contributed by atoms with Crippen LogP contribution >= 0.6 is 0 Å². The van der Waals surface area contributed by atoms with Crippen LogP contribution < -0.4 is 10.6 Å². The van der Waals surface area contributed by atoms with Gasteiger partial charge in [-0.15, -0.1) is 0 Å². The summed E-state index contributed by atoms with van der Waals surface area (Å²) in [5.74, 6) is 1.00. The molecule has 2 unspecified atom stereocenters. The first-order valence-corrected chi connectivity index (χ1v) is 6.19. The van der Waals surface area contributed by atoms with Gasteiger partial charge in [-0.3, -0.25) is 0 Å². The number of aromatic nitrogens is 1. The molecule has 1 aliphatic heterocycles. The molecule has 4 heteroatoms. The summed E-state index contributed by atoms with van der Waals surface area (Å²) < 4.78 is 5.74. The van der Waals surface area contributed by atoms with Gasteiger partial charge in [-0.05, 0) is 26.8 Å². The van der Waals surface area contributed by atoms with Crippen molar-refractivity contribution in [2.45, 2.75) is 39.0 Å². The minimum atomic E-state index is 0.00663. The van der Waals surface area contributed by atoms with Crippen molar-refractivity contribution in [1.29, 1.82) is 0 Å². The van der Waals surface area contributed by atoms with Crippen molar-refractivity contribution in [1.82, 2.24) is 4.98 Å². The Bertz CT molecular complexity index is 371. The van der Waals surface area contributed by atoms with E-state index in [2.05, 4.69) is 29.8 Å². The van der Waals surface area contributed by atoms with Gasteiger partial charge in [0.15, 0.2) is 0 Å². The van der Waals surface area contributed by atoms with Crippen molar-refractivity contribution in [3.63, 3.8) is 0 Å². The number of anilines is 1. The first-order valence-electron chi connectivity index (χ1n) is 6.19. The van der Waals surface area contributed by atoms with Crippen LogP contribution in [0.25, 0.3) is 0 Å². The van der Waals surface area contributed by atoms with E-state index in [-0.39, 0.29) is 18.2 Å². The molecule has 3 atom stereocenters. The Morgan fingerprint density at radius 2 is 2.06 bits per heavy atom.